The van der Waals surface area contributed by atoms with E-state index in [1.165, 1.54) is 24.3 Å². The Morgan fingerprint density at radius 3 is 1.26 bits per heavy atom. The molecule has 0 fully saturated rings. The molecule has 2 atom stereocenters. The van der Waals surface area contributed by atoms with Crippen molar-refractivity contribution in [3.63, 3.8) is 0 Å². The topological polar surface area (TPSA) is 130 Å². The summed E-state index contributed by atoms with van der Waals surface area (Å²) in [6.07, 6.45) is 0. The van der Waals surface area contributed by atoms with Gasteiger partial charge in [-0.2, -0.15) is 16.8 Å². The molecule has 4 aromatic rings. The van der Waals surface area contributed by atoms with Gasteiger partial charge in [-0.05, 0) is 87.4 Å². The van der Waals surface area contributed by atoms with Gasteiger partial charge in [-0.1, -0.05) is 59.7 Å². The summed E-state index contributed by atoms with van der Waals surface area (Å²) >= 11 is 0. The summed E-state index contributed by atoms with van der Waals surface area (Å²) < 4.78 is 73.3. The Kier molecular flexibility index (Phi) is 8.58. The van der Waals surface area contributed by atoms with E-state index in [0.717, 1.165) is 22.3 Å². The van der Waals surface area contributed by atoms with Gasteiger partial charge in [0.25, 0.3) is 0 Å². The Morgan fingerprint density at radius 2 is 0.915 bits per heavy atom. The van der Waals surface area contributed by atoms with E-state index >= 15 is 0 Å². The zero-order valence-corrected chi connectivity index (χ0v) is 27.9. The lowest BCUT2D eigenvalue weighted by Gasteiger charge is -2.22. The van der Waals surface area contributed by atoms with Crippen LogP contribution in [0.25, 0.3) is 0 Å². The molecule has 0 aromatic heterocycles. The lowest BCUT2D eigenvalue weighted by molar-refractivity contribution is 0.264. The molecule has 0 aliphatic carbocycles. The fourth-order valence-electron chi connectivity index (χ4n) is 5.11. The van der Waals surface area contributed by atoms with Crippen LogP contribution in [0, 0.1) is 19.3 Å². The SMILES string of the molecule is Cc1ccc(S(=O)(=O)Oc2ccc([C@@H]3COC(C(C)(C)C4=N[C@H](c5ccc(OS(=O)(=O)c6ccc(C)cc6)cc5)CO4)=N3)cc2)cc1. The Balaban J connectivity index is 1.10. The van der Waals surface area contributed by atoms with Crippen LogP contribution in [0.15, 0.2) is 117 Å². The van der Waals surface area contributed by atoms with Gasteiger partial charge < -0.3 is 17.8 Å². The van der Waals surface area contributed by atoms with E-state index in [0.29, 0.717) is 25.0 Å². The molecule has 12 heteroatoms. The molecule has 244 valence electrons. The molecule has 2 aliphatic rings. The molecule has 0 N–H and O–H groups in total. The summed E-state index contributed by atoms with van der Waals surface area (Å²) in [5.74, 6) is 1.36. The third-order valence-corrected chi connectivity index (χ3v) is 10.5. The Hall–Kier alpha value is -4.68. The van der Waals surface area contributed by atoms with Gasteiger partial charge in [-0.25, -0.2) is 9.98 Å². The van der Waals surface area contributed by atoms with Gasteiger partial charge in [0.2, 0.25) is 0 Å². The lowest BCUT2D eigenvalue weighted by Crippen LogP contribution is -2.34. The van der Waals surface area contributed by atoms with Crippen LogP contribution >= 0.6 is 0 Å². The van der Waals surface area contributed by atoms with E-state index in [-0.39, 0.29) is 33.4 Å². The molecule has 0 spiro atoms. The van der Waals surface area contributed by atoms with Crippen molar-refractivity contribution in [2.45, 2.75) is 49.6 Å². The normalized spacial score (nSPS) is 18.1. The van der Waals surface area contributed by atoms with Crippen LogP contribution in [0.1, 0.15) is 48.2 Å². The van der Waals surface area contributed by atoms with E-state index in [1.807, 2.05) is 27.7 Å². The first-order chi connectivity index (χ1) is 22.3. The number of rotatable bonds is 10. The van der Waals surface area contributed by atoms with E-state index in [2.05, 4.69) is 0 Å². The molecule has 47 heavy (non-hydrogen) atoms. The number of aryl methyl sites for hydroxylation is 2. The highest BCUT2D eigenvalue weighted by molar-refractivity contribution is 7.87. The number of nitrogens with zero attached hydrogens (tertiary/aromatic N) is 2. The monoisotopic (exact) mass is 674 g/mol. The highest BCUT2D eigenvalue weighted by Gasteiger charge is 2.41. The fourth-order valence-corrected chi connectivity index (χ4v) is 6.98. The summed E-state index contributed by atoms with van der Waals surface area (Å²) in [7, 11) is -7.91. The second-order valence-electron chi connectivity index (χ2n) is 12.0. The minimum atomic E-state index is -3.96. The van der Waals surface area contributed by atoms with Crippen LogP contribution in [0.4, 0.5) is 0 Å². The molecule has 0 saturated heterocycles. The molecule has 2 heterocycles. The summed E-state index contributed by atoms with van der Waals surface area (Å²) in [5, 5.41) is 0. The van der Waals surface area contributed by atoms with Gasteiger partial charge in [0.05, 0.1) is 0 Å². The maximum Gasteiger partial charge on any atom is 0.339 e. The lowest BCUT2D eigenvalue weighted by atomic mass is 9.93. The first-order valence-electron chi connectivity index (χ1n) is 14.9. The zero-order valence-electron chi connectivity index (χ0n) is 26.3. The highest BCUT2D eigenvalue weighted by atomic mass is 32.2. The molecule has 2 aliphatic heterocycles. The van der Waals surface area contributed by atoms with E-state index in [1.54, 1.807) is 72.8 Å². The molecular formula is C35H34N2O8S2. The fraction of sp³-hybridized carbons (Fsp3) is 0.257. The molecular weight excluding hydrogens is 641 g/mol. The standard InChI is InChI=1S/C35H34N2O8S2/c1-23-5-17-29(18-6-23)46(38,39)44-27-13-9-25(10-14-27)31-21-42-33(36-31)35(3,4)34-37-32(22-43-34)26-11-15-28(16-12-26)45-47(40,41)30-19-7-24(2)8-20-30/h5-20,31-32H,21-22H2,1-4H3/t31-,32-/m0/s1. The van der Waals surface area contributed by atoms with Crippen molar-refractivity contribution in [2.24, 2.45) is 15.4 Å². The van der Waals surface area contributed by atoms with Crippen molar-refractivity contribution in [3.8, 4) is 11.5 Å². The zero-order chi connectivity index (χ0) is 33.4. The first kappa shape index (κ1) is 32.3. The minimum Gasteiger partial charge on any atom is -0.478 e. The second-order valence-corrected chi connectivity index (χ2v) is 15.1. The van der Waals surface area contributed by atoms with Crippen molar-refractivity contribution in [1.29, 1.82) is 0 Å². The van der Waals surface area contributed by atoms with Gasteiger partial charge in [-0.15, -0.1) is 0 Å². The van der Waals surface area contributed by atoms with Crippen LogP contribution in [-0.4, -0.2) is 41.8 Å². The Labute approximate surface area is 275 Å². The smallest absolute Gasteiger partial charge is 0.339 e. The number of ether oxygens (including phenoxy) is 2. The van der Waals surface area contributed by atoms with Crippen LogP contribution < -0.4 is 8.37 Å². The third-order valence-electron chi connectivity index (χ3n) is 7.93. The van der Waals surface area contributed by atoms with Crippen molar-refractivity contribution in [1.82, 2.24) is 0 Å². The van der Waals surface area contributed by atoms with Gasteiger partial charge >= 0.3 is 20.2 Å². The highest BCUT2D eigenvalue weighted by Crippen LogP contribution is 2.36. The van der Waals surface area contributed by atoms with Crippen LogP contribution in [0.5, 0.6) is 11.5 Å². The van der Waals surface area contributed by atoms with Crippen molar-refractivity contribution in [3.05, 3.63) is 119 Å². The van der Waals surface area contributed by atoms with Crippen LogP contribution in [0.3, 0.4) is 0 Å². The molecule has 10 nitrogen and oxygen atoms in total. The number of aliphatic imine (C=N–C) groups is 2. The van der Waals surface area contributed by atoms with Crippen molar-refractivity contribution in [2.75, 3.05) is 13.2 Å². The summed E-state index contributed by atoms with van der Waals surface area (Å²) in [6, 6.07) is 25.8. The van der Waals surface area contributed by atoms with Crippen molar-refractivity contribution < 1.29 is 34.7 Å². The predicted octanol–water partition coefficient (Wildman–Crippen LogP) is 6.50. The van der Waals surface area contributed by atoms with Gasteiger partial charge in [0, 0.05) is 0 Å². The Bertz CT molecular complexity index is 1890. The quantitative estimate of drug-likeness (QED) is 0.174. The summed E-state index contributed by atoms with van der Waals surface area (Å²) in [6.45, 7) is 8.23. The van der Waals surface area contributed by atoms with Crippen LogP contribution in [-0.2, 0) is 29.7 Å². The molecule has 6 rings (SSSR count). The average molecular weight is 675 g/mol. The van der Waals surface area contributed by atoms with Gasteiger partial charge in [-0.3, -0.25) is 0 Å². The minimum absolute atomic E-state index is 0.0856. The third kappa shape index (κ3) is 7.03. The first-order valence-corrected chi connectivity index (χ1v) is 17.8. The van der Waals surface area contributed by atoms with E-state index in [9.17, 15) is 16.8 Å². The summed E-state index contributed by atoms with van der Waals surface area (Å²) in [5.41, 5.74) is 2.84. The maximum atomic E-state index is 12.7. The largest absolute Gasteiger partial charge is 0.478 e. The predicted molar refractivity (Wildman–Crippen MR) is 177 cm³/mol. The van der Waals surface area contributed by atoms with E-state index in [4.69, 9.17) is 27.8 Å². The Morgan fingerprint density at radius 1 is 0.574 bits per heavy atom. The van der Waals surface area contributed by atoms with Crippen molar-refractivity contribution >= 4 is 32.0 Å². The van der Waals surface area contributed by atoms with Crippen LogP contribution in [0.2, 0.25) is 0 Å². The molecule has 4 aromatic carbocycles. The summed E-state index contributed by atoms with van der Waals surface area (Å²) in [4.78, 5) is 9.79. The molecule has 0 radical (unpaired) electrons. The number of benzene rings is 4. The maximum absolute atomic E-state index is 12.7. The number of hydrogen-bond acceptors (Lipinski definition) is 10. The average Bonchev–Trinajstić information content (AvgIpc) is 3.74. The van der Waals surface area contributed by atoms with Gasteiger partial charge in [0.1, 0.15) is 52.0 Å². The molecule has 0 bridgehead atoms. The molecule has 0 saturated carbocycles. The molecule has 0 unspecified atom stereocenters. The molecule has 0 amide bonds. The number of hydrogen-bond donors (Lipinski definition) is 0. The van der Waals surface area contributed by atoms with Gasteiger partial charge in [0.15, 0.2) is 11.8 Å². The van der Waals surface area contributed by atoms with E-state index < -0.39 is 25.7 Å². The second kappa shape index (κ2) is 12.5.